The van der Waals surface area contributed by atoms with Crippen LogP contribution < -0.4 is 4.72 Å². The zero-order valence-electron chi connectivity index (χ0n) is 10.7. The van der Waals surface area contributed by atoms with Crippen LogP contribution in [0.5, 0.6) is 0 Å². The molecule has 1 unspecified atom stereocenters. The van der Waals surface area contributed by atoms with E-state index in [-0.39, 0.29) is 25.6 Å². The van der Waals surface area contributed by atoms with Crippen molar-refractivity contribution in [1.82, 2.24) is 9.03 Å². The first kappa shape index (κ1) is 16.7. The van der Waals surface area contributed by atoms with Gasteiger partial charge in [-0.05, 0) is 25.7 Å². The molecule has 1 fully saturated rings. The first-order chi connectivity index (χ1) is 8.64. The Morgan fingerprint density at radius 1 is 1.37 bits per heavy atom. The summed E-state index contributed by atoms with van der Waals surface area (Å²) >= 11 is 0. The van der Waals surface area contributed by atoms with E-state index in [0.717, 1.165) is 4.31 Å². The summed E-state index contributed by atoms with van der Waals surface area (Å²) in [6.45, 7) is 1.63. The summed E-state index contributed by atoms with van der Waals surface area (Å²) in [7, 11) is -3.88. The Hall–Kier alpha value is -0.380. The highest BCUT2D eigenvalue weighted by Crippen LogP contribution is 2.23. The molecule has 114 valence electrons. The number of aliphatic hydroxyl groups is 1. The quantitative estimate of drug-likeness (QED) is 0.792. The predicted octanol–water partition coefficient (Wildman–Crippen LogP) is 0.866. The van der Waals surface area contributed by atoms with Crippen LogP contribution in [0.3, 0.4) is 0 Å². The Kier molecular flexibility index (Phi) is 5.60. The number of aliphatic hydroxyl groups excluding tert-OH is 1. The molecule has 1 saturated heterocycles. The summed E-state index contributed by atoms with van der Waals surface area (Å²) in [6, 6.07) is -1.19. The number of nitrogens with zero attached hydrogens (tertiary/aromatic N) is 1. The second kappa shape index (κ2) is 6.38. The Morgan fingerprint density at radius 2 is 1.89 bits per heavy atom. The molecule has 0 saturated carbocycles. The summed E-state index contributed by atoms with van der Waals surface area (Å²) in [5.74, 6) is 0.0686. The lowest BCUT2D eigenvalue weighted by Gasteiger charge is -2.31. The molecule has 0 amide bonds. The van der Waals surface area contributed by atoms with E-state index in [1.807, 2.05) is 4.72 Å². The molecule has 1 atom stereocenters. The molecule has 1 aliphatic heterocycles. The minimum absolute atomic E-state index is 0.00575. The predicted molar refractivity (Wildman–Crippen MR) is 63.6 cm³/mol. The molecule has 0 bridgehead atoms. The second-order valence-electron chi connectivity index (χ2n) is 4.87. The van der Waals surface area contributed by atoms with Gasteiger partial charge in [0.1, 0.15) is 0 Å². The van der Waals surface area contributed by atoms with Gasteiger partial charge in [-0.25, -0.2) is 0 Å². The summed E-state index contributed by atoms with van der Waals surface area (Å²) < 4.78 is 63.3. The Bertz CT molecular complexity index is 378. The highest BCUT2D eigenvalue weighted by molar-refractivity contribution is 7.87. The van der Waals surface area contributed by atoms with Crippen LogP contribution in [0.15, 0.2) is 0 Å². The van der Waals surface area contributed by atoms with E-state index >= 15 is 0 Å². The molecule has 1 rings (SSSR count). The highest BCUT2D eigenvalue weighted by Gasteiger charge is 2.34. The third kappa shape index (κ3) is 5.64. The average Bonchev–Trinajstić information content (AvgIpc) is 2.25. The zero-order chi connectivity index (χ0) is 14.7. The summed E-state index contributed by atoms with van der Waals surface area (Å²) in [6.07, 6.45) is -4.55. The van der Waals surface area contributed by atoms with Crippen molar-refractivity contribution in [3.63, 3.8) is 0 Å². The van der Waals surface area contributed by atoms with E-state index in [1.165, 1.54) is 6.92 Å². The van der Waals surface area contributed by atoms with Crippen molar-refractivity contribution in [1.29, 1.82) is 0 Å². The monoisotopic (exact) mass is 304 g/mol. The number of halogens is 3. The van der Waals surface area contributed by atoms with E-state index < -0.39 is 28.8 Å². The molecule has 5 nitrogen and oxygen atoms in total. The summed E-state index contributed by atoms with van der Waals surface area (Å²) in [4.78, 5) is 0. The average molecular weight is 304 g/mol. The van der Waals surface area contributed by atoms with Crippen molar-refractivity contribution in [3.8, 4) is 0 Å². The largest absolute Gasteiger partial charge is 0.396 e. The Labute approximate surface area is 111 Å². The summed E-state index contributed by atoms with van der Waals surface area (Å²) in [5.41, 5.74) is 0. The minimum atomic E-state index is -4.40. The maximum absolute atomic E-state index is 12.1. The lowest BCUT2D eigenvalue weighted by Crippen LogP contribution is -2.48. The summed E-state index contributed by atoms with van der Waals surface area (Å²) in [5, 5.41) is 8.94. The molecule has 19 heavy (non-hydrogen) atoms. The molecule has 0 aromatic carbocycles. The van der Waals surface area contributed by atoms with E-state index in [9.17, 15) is 21.6 Å². The van der Waals surface area contributed by atoms with Crippen molar-refractivity contribution in [3.05, 3.63) is 0 Å². The van der Waals surface area contributed by atoms with Crippen molar-refractivity contribution in [2.45, 2.75) is 38.4 Å². The van der Waals surface area contributed by atoms with Gasteiger partial charge in [0.15, 0.2) is 0 Å². The van der Waals surface area contributed by atoms with Crippen LogP contribution in [0, 0.1) is 5.92 Å². The molecule has 9 heteroatoms. The smallest absolute Gasteiger partial charge is 0.390 e. The van der Waals surface area contributed by atoms with Gasteiger partial charge >= 0.3 is 6.18 Å². The molecular weight excluding hydrogens is 285 g/mol. The molecule has 1 heterocycles. The van der Waals surface area contributed by atoms with Gasteiger partial charge in [0, 0.05) is 25.7 Å². The Balaban J connectivity index is 2.52. The number of hydrogen-bond donors (Lipinski definition) is 2. The molecule has 2 N–H and O–H groups in total. The number of piperidine rings is 1. The van der Waals surface area contributed by atoms with Gasteiger partial charge in [-0.2, -0.15) is 30.6 Å². The molecule has 0 aliphatic carbocycles. The van der Waals surface area contributed by atoms with E-state index in [0.29, 0.717) is 12.8 Å². The fourth-order valence-corrected chi connectivity index (χ4v) is 3.48. The number of rotatable bonds is 5. The molecule has 0 spiro atoms. The SMILES string of the molecule is CC(CC(F)(F)F)NS(=O)(=O)N1CCC(CO)CC1. The number of alkyl halides is 3. The van der Waals surface area contributed by atoms with Gasteiger partial charge in [0.2, 0.25) is 0 Å². The van der Waals surface area contributed by atoms with Gasteiger partial charge in [-0.3, -0.25) is 0 Å². The maximum Gasteiger partial charge on any atom is 0.390 e. The van der Waals surface area contributed by atoms with Gasteiger partial charge in [0.25, 0.3) is 10.2 Å². The zero-order valence-corrected chi connectivity index (χ0v) is 11.5. The van der Waals surface area contributed by atoms with Crippen LogP contribution in [-0.4, -0.2) is 49.7 Å². The molecule has 0 aromatic heterocycles. The van der Waals surface area contributed by atoms with Crippen LogP contribution in [0.1, 0.15) is 26.2 Å². The molecule has 1 aliphatic rings. The number of hydrogen-bond acceptors (Lipinski definition) is 3. The normalized spacial score (nSPS) is 21.5. The van der Waals surface area contributed by atoms with E-state index in [2.05, 4.69) is 0 Å². The van der Waals surface area contributed by atoms with Gasteiger partial charge in [0.05, 0.1) is 6.42 Å². The van der Waals surface area contributed by atoms with Crippen LogP contribution in [-0.2, 0) is 10.2 Å². The van der Waals surface area contributed by atoms with Gasteiger partial charge in [-0.1, -0.05) is 0 Å². The van der Waals surface area contributed by atoms with Crippen LogP contribution in [0.2, 0.25) is 0 Å². The maximum atomic E-state index is 12.1. The van der Waals surface area contributed by atoms with Gasteiger partial charge in [-0.15, -0.1) is 0 Å². The van der Waals surface area contributed by atoms with Crippen molar-refractivity contribution >= 4 is 10.2 Å². The van der Waals surface area contributed by atoms with Crippen molar-refractivity contribution in [2.75, 3.05) is 19.7 Å². The van der Waals surface area contributed by atoms with Crippen molar-refractivity contribution in [2.24, 2.45) is 5.92 Å². The van der Waals surface area contributed by atoms with Crippen LogP contribution >= 0.6 is 0 Å². The first-order valence-electron chi connectivity index (χ1n) is 6.09. The third-order valence-corrected chi connectivity index (χ3v) is 4.80. The van der Waals surface area contributed by atoms with Crippen LogP contribution in [0.25, 0.3) is 0 Å². The van der Waals surface area contributed by atoms with E-state index in [1.54, 1.807) is 0 Å². The fraction of sp³-hybridized carbons (Fsp3) is 1.00. The lowest BCUT2D eigenvalue weighted by atomic mass is 10.00. The first-order valence-corrected chi connectivity index (χ1v) is 7.53. The highest BCUT2D eigenvalue weighted by atomic mass is 32.2. The minimum Gasteiger partial charge on any atom is -0.396 e. The molecular formula is C10H19F3N2O3S. The molecule has 0 aromatic rings. The van der Waals surface area contributed by atoms with Crippen LogP contribution in [0.4, 0.5) is 13.2 Å². The van der Waals surface area contributed by atoms with Crippen molar-refractivity contribution < 1.29 is 26.7 Å². The topological polar surface area (TPSA) is 69.6 Å². The number of nitrogens with one attached hydrogen (secondary N) is 1. The third-order valence-electron chi connectivity index (χ3n) is 3.06. The molecule has 0 radical (unpaired) electrons. The van der Waals surface area contributed by atoms with Gasteiger partial charge < -0.3 is 5.11 Å². The van der Waals surface area contributed by atoms with E-state index in [4.69, 9.17) is 5.11 Å². The Morgan fingerprint density at radius 3 is 2.32 bits per heavy atom. The standard InChI is InChI=1S/C10H19F3N2O3S/c1-8(6-10(11,12)13)14-19(17,18)15-4-2-9(7-16)3-5-15/h8-9,14,16H,2-7H2,1H3. The lowest BCUT2D eigenvalue weighted by molar-refractivity contribution is -0.138. The second-order valence-corrected chi connectivity index (χ2v) is 6.57. The fourth-order valence-electron chi connectivity index (χ4n) is 2.05.